The summed E-state index contributed by atoms with van der Waals surface area (Å²) in [5, 5.41) is 9.90. The van der Waals surface area contributed by atoms with Crippen molar-refractivity contribution >= 4 is 23.0 Å². The highest BCUT2D eigenvalue weighted by Crippen LogP contribution is 2.38. The van der Waals surface area contributed by atoms with Gasteiger partial charge in [0.25, 0.3) is 0 Å². The first-order valence-electron chi connectivity index (χ1n) is 12.7. The van der Waals surface area contributed by atoms with E-state index in [1.807, 2.05) is 52.0 Å². The largest absolute Gasteiger partial charge is 0.482 e. The van der Waals surface area contributed by atoms with Crippen LogP contribution in [0.2, 0.25) is 0 Å². The van der Waals surface area contributed by atoms with E-state index in [4.69, 9.17) is 14.5 Å². The van der Waals surface area contributed by atoms with Crippen molar-refractivity contribution in [3.8, 4) is 21.9 Å². The van der Waals surface area contributed by atoms with E-state index in [0.29, 0.717) is 5.75 Å². The molecule has 1 aliphatic rings. The van der Waals surface area contributed by atoms with Crippen LogP contribution < -0.4 is 4.74 Å². The van der Waals surface area contributed by atoms with Gasteiger partial charge in [0.2, 0.25) is 0 Å². The number of hydrogen-bond acceptors (Lipinski definition) is 7. The Kier molecular flexibility index (Phi) is 6.69. The van der Waals surface area contributed by atoms with E-state index < -0.39 is 5.60 Å². The lowest BCUT2D eigenvalue weighted by molar-refractivity contribution is -0.157. The second kappa shape index (κ2) is 9.83. The van der Waals surface area contributed by atoms with Crippen LogP contribution in [0.1, 0.15) is 67.0 Å². The molecule has 0 spiro atoms. The third-order valence-corrected chi connectivity index (χ3v) is 7.67. The molecule has 38 heavy (non-hydrogen) atoms. The molecule has 4 aromatic rings. The lowest BCUT2D eigenvalue weighted by Crippen LogP contribution is -2.27. The van der Waals surface area contributed by atoms with E-state index in [-0.39, 0.29) is 18.6 Å². The summed E-state index contributed by atoms with van der Waals surface area (Å²) in [6.45, 7) is 13.8. The summed E-state index contributed by atoms with van der Waals surface area (Å²) in [6, 6.07) is 16.1. The topological polar surface area (TPSA) is 78.6 Å². The van der Waals surface area contributed by atoms with Crippen LogP contribution in [-0.2, 0) is 9.53 Å². The average Bonchev–Trinajstić information content (AvgIpc) is 3.35. The van der Waals surface area contributed by atoms with Crippen molar-refractivity contribution in [1.29, 1.82) is 0 Å². The van der Waals surface area contributed by atoms with Gasteiger partial charge in [-0.25, -0.2) is 4.79 Å². The van der Waals surface area contributed by atoms with E-state index in [1.165, 1.54) is 10.4 Å². The number of hydrogen-bond donors (Lipinski definition) is 0. The molecule has 0 amide bonds. The van der Waals surface area contributed by atoms with Crippen LogP contribution >= 0.6 is 11.3 Å². The minimum absolute atomic E-state index is 0.113. The number of thiophene rings is 1. The number of carbonyl (C=O) groups excluding carboxylic acids is 1. The fourth-order valence-corrected chi connectivity index (χ4v) is 5.77. The summed E-state index contributed by atoms with van der Waals surface area (Å²) < 4.78 is 13.1. The average molecular weight is 529 g/mol. The number of nitrogens with zero attached hydrogens (tertiary/aromatic N) is 4. The monoisotopic (exact) mass is 528 g/mol. The van der Waals surface area contributed by atoms with Crippen LogP contribution in [-0.4, -0.2) is 38.7 Å². The molecule has 0 N–H and O–H groups in total. The van der Waals surface area contributed by atoms with Crippen molar-refractivity contribution in [3.05, 3.63) is 81.7 Å². The van der Waals surface area contributed by atoms with Gasteiger partial charge in [0.05, 0.1) is 5.71 Å². The lowest BCUT2D eigenvalue weighted by atomic mass is 9.97. The molecule has 8 heteroatoms. The number of benzene rings is 2. The van der Waals surface area contributed by atoms with Gasteiger partial charge >= 0.3 is 5.97 Å². The molecule has 0 aliphatic carbocycles. The number of aromatic nitrogens is 3. The van der Waals surface area contributed by atoms with Crippen molar-refractivity contribution in [2.24, 2.45) is 4.99 Å². The molecule has 196 valence electrons. The van der Waals surface area contributed by atoms with Gasteiger partial charge in [-0.3, -0.25) is 9.56 Å². The van der Waals surface area contributed by atoms with E-state index in [9.17, 15) is 4.79 Å². The molecule has 2 aromatic heterocycles. The fourth-order valence-electron chi connectivity index (χ4n) is 4.56. The van der Waals surface area contributed by atoms with Crippen molar-refractivity contribution < 1.29 is 14.3 Å². The maximum atomic E-state index is 11.9. The minimum Gasteiger partial charge on any atom is -0.482 e. The Morgan fingerprint density at radius 1 is 0.947 bits per heavy atom. The number of aryl methyl sites for hydroxylation is 2. The maximum absolute atomic E-state index is 11.9. The van der Waals surface area contributed by atoms with Gasteiger partial charge in [-0.1, -0.05) is 36.4 Å². The molecule has 0 fully saturated rings. The second-order valence-electron chi connectivity index (χ2n) is 10.5. The second-order valence-corrected chi connectivity index (χ2v) is 11.7. The summed E-state index contributed by atoms with van der Waals surface area (Å²) in [7, 11) is 0. The summed E-state index contributed by atoms with van der Waals surface area (Å²) >= 11 is 1.76. The highest BCUT2D eigenvalue weighted by atomic mass is 32.1. The molecule has 0 radical (unpaired) electrons. The summed E-state index contributed by atoms with van der Waals surface area (Å²) in [6.07, 6.45) is 0. The molecular formula is C30H32N4O3S. The Bertz CT molecular complexity index is 1520. The standard InChI is InChI=1S/C30H32N4O3S/c1-17-19(3)38-29-26(17)27(31-18(2)28-33-32-20(4)34(28)29)23-10-8-21(9-11-23)22-12-14-24(15-13-22)36-16-25(35)37-30(5,6)7/h8-15,18H,16H2,1-7H3/t18-/m0/s1. The number of carbonyl (C=O) groups is 1. The van der Waals surface area contributed by atoms with Crippen LogP contribution in [0.25, 0.3) is 16.1 Å². The molecule has 1 aliphatic heterocycles. The number of esters is 1. The highest BCUT2D eigenvalue weighted by molar-refractivity contribution is 7.15. The van der Waals surface area contributed by atoms with Gasteiger partial charge in [0.15, 0.2) is 12.4 Å². The van der Waals surface area contributed by atoms with Gasteiger partial charge < -0.3 is 9.47 Å². The summed E-state index contributed by atoms with van der Waals surface area (Å²) in [4.78, 5) is 18.3. The third-order valence-electron chi connectivity index (χ3n) is 6.48. The smallest absolute Gasteiger partial charge is 0.344 e. The first kappa shape index (κ1) is 25.9. The highest BCUT2D eigenvalue weighted by Gasteiger charge is 2.29. The molecule has 0 saturated carbocycles. The number of ether oxygens (including phenoxy) is 2. The maximum Gasteiger partial charge on any atom is 0.344 e. The predicted molar refractivity (Wildman–Crippen MR) is 151 cm³/mol. The van der Waals surface area contributed by atoms with Crippen LogP contribution in [0.3, 0.4) is 0 Å². The molecule has 3 heterocycles. The van der Waals surface area contributed by atoms with Gasteiger partial charge in [-0.05, 0) is 77.3 Å². The third kappa shape index (κ3) is 5.00. The molecule has 5 rings (SSSR count). The molecule has 2 aromatic carbocycles. The van der Waals surface area contributed by atoms with Crippen LogP contribution in [0.4, 0.5) is 0 Å². The van der Waals surface area contributed by atoms with Crippen LogP contribution in [0.5, 0.6) is 5.75 Å². The molecular weight excluding hydrogens is 496 g/mol. The zero-order chi connectivity index (χ0) is 27.2. The van der Waals surface area contributed by atoms with Crippen molar-refractivity contribution in [3.63, 3.8) is 0 Å². The summed E-state index contributed by atoms with van der Waals surface area (Å²) in [5.74, 6) is 1.98. The molecule has 0 saturated heterocycles. The van der Waals surface area contributed by atoms with Gasteiger partial charge in [0, 0.05) is 16.0 Å². The Morgan fingerprint density at radius 2 is 1.55 bits per heavy atom. The SMILES string of the molecule is Cc1sc2c(c1C)C(c1ccc(-c3ccc(OCC(=O)OC(C)(C)C)cc3)cc1)=N[C@@H](C)c1nnc(C)n1-2. The number of aliphatic imine (C=N–C) groups is 1. The van der Waals surface area contributed by atoms with E-state index >= 15 is 0 Å². The fraction of sp³-hybridized carbons (Fsp3) is 0.333. The summed E-state index contributed by atoms with van der Waals surface area (Å²) in [5.41, 5.74) is 6.05. The lowest BCUT2D eigenvalue weighted by Gasteiger charge is -2.19. The van der Waals surface area contributed by atoms with Gasteiger partial charge in [-0.15, -0.1) is 21.5 Å². The Hall–Kier alpha value is -3.78. The van der Waals surface area contributed by atoms with Gasteiger partial charge in [-0.2, -0.15) is 0 Å². The number of fused-ring (bicyclic) bond motifs is 3. The zero-order valence-electron chi connectivity index (χ0n) is 22.8. The van der Waals surface area contributed by atoms with E-state index in [0.717, 1.165) is 44.6 Å². The quantitative estimate of drug-likeness (QED) is 0.274. The van der Waals surface area contributed by atoms with Gasteiger partial charge in [0.1, 0.15) is 28.2 Å². The molecule has 0 bridgehead atoms. The predicted octanol–water partition coefficient (Wildman–Crippen LogP) is 6.55. The molecule has 0 unspecified atom stereocenters. The molecule has 7 nitrogen and oxygen atoms in total. The zero-order valence-corrected chi connectivity index (χ0v) is 23.6. The first-order valence-corrected chi connectivity index (χ1v) is 13.5. The number of rotatable bonds is 5. The van der Waals surface area contributed by atoms with Crippen molar-refractivity contribution in [2.45, 2.75) is 60.1 Å². The van der Waals surface area contributed by atoms with E-state index in [2.05, 4.69) is 59.8 Å². The van der Waals surface area contributed by atoms with Crippen LogP contribution in [0.15, 0.2) is 53.5 Å². The Labute approximate surface area is 227 Å². The van der Waals surface area contributed by atoms with Crippen LogP contribution in [0, 0.1) is 20.8 Å². The van der Waals surface area contributed by atoms with Crippen molar-refractivity contribution in [1.82, 2.24) is 14.8 Å². The first-order chi connectivity index (χ1) is 18.0. The Balaban J connectivity index is 1.39. The Morgan fingerprint density at radius 3 is 2.18 bits per heavy atom. The van der Waals surface area contributed by atoms with Crippen molar-refractivity contribution in [2.75, 3.05) is 6.61 Å². The van der Waals surface area contributed by atoms with E-state index in [1.54, 1.807) is 11.3 Å². The minimum atomic E-state index is -0.530. The molecule has 1 atom stereocenters. The normalized spacial score (nSPS) is 14.8.